The van der Waals surface area contributed by atoms with Gasteiger partial charge in [-0.3, -0.25) is 24.0 Å². The predicted octanol–water partition coefficient (Wildman–Crippen LogP) is -3.12. The lowest BCUT2D eigenvalue weighted by atomic mass is 10.1. The Morgan fingerprint density at radius 2 is 1.59 bits per heavy atom. The van der Waals surface area contributed by atoms with Gasteiger partial charge in [0.1, 0.15) is 18.1 Å². The largest absolute Gasteiger partial charge is 0.480 e. The Kier molecular flexibility index (Phi) is 11.9. The van der Waals surface area contributed by atoms with E-state index in [0.717, 1.165) is 0 Å². The number of nitrogens with two attached hydrogens (primary N) is 2. The molecule has 0 saturated carbocycles. The molecule has 0 radical (unpaired) electrons. The molecule has 13 heteroatoms. The van der Waals surface area contributed by atoms with Gasteiger partial charge in [-0.1, -0.05) is 0 Å². The Morgan fingerprint density at radius 1 is 1.00 bits per heavy atom. The van der Waals surface area contributed by atoms with Crippen LogP contribution in [0.25, 0.3) is 0 Å². The minimum absolute atomic E-state index is 0.182. The minimum Gasteiger partial charge on any atom is -0.480 e. The summed E-state index contributed by atoms with van der Waals surface area (Å²) in [4.78, 5) is 58.7. The highest BCUT2D eigenvalue weighted by molar-refractivity contribution is 7.98. The first-order chi connectivity index (χ1) is 13.4. The van der Waals surface area contributed by atoms with Crippen LogP contribution in [0.5, 0.6) is 0 Å². The standard InChI is InChI=1S/C16H29N5O7S/c1-7(16(27)28)19-15(26)12(8(2)22)21-14(25)10(4-5-29-3)20-13(24)9(17)6-11(18)23/h7-10,12,22H,4-6,17H2,1-3H3,(H2,18,23)(H,19,26)(H,20,24)(H,21,25)(H,27,28). The zero-order chi connectivity index (χ0) is 22.7. The summed E-state index contributed by atoms with van der Waals surface area (Å²) in [7, 11) is 0. The number of carbonyl (C=O) groups is 5. The van der Waals surface area contributed by atoms with Crippen LogP contribution in [0.1, 0.15) is 26.7 Å². The number of aliphatic hydroxyl groups is 1. The van der Waals surface area contributed by atoms with Crippen LogP contribution in [0.15, 0.2) is 0 Å². The van der Waals surface area contributed by atoms with E-state index in [0.29, 0.717) is 5.75 Å². The fourth-order valence-electron chi connectivity index (χ4n) is 2.12. The number of aliphatic hydroxyl groups excluding tert-OH is 1. The SMILES string of the molecule is CSCCC(NC(=O)C(N)CC(N)=O)C(=O)NC(C(=O)NC(C)C(=O)O)C(C)O. The molecule has 0 aliphatic carbocycles. The van der Waals surface area contributed by atoms with Crippen molar-refractivity contribution >= 4 is 41.4 Å². The summed E-state index contributed by atoms with van der Waals surface area (Å²) in [6.07, 6.45) is 0.222. The molecule has 9 N–H and O–H groups in total. The van der Waals surface area contributed by atoms with Gasteiger partial charge in [-0.05, 0) is 32.3 Å². The average molecular weight is 436 g/mol. The van der Waals surface area contributed by atoms with E-state index in [2.05, 4.69) is 16.0 Å². The molecule has 29 heavy (non-hydrogen) atoms. The zero-order valence-electron chi connectivity index (χ0n) is 16.5. The number of nitrogens with one attached hydrogen (secondary N) is 3. The maximum absolute atomic E-state index is 12.6. The van der Waals surface area contributed by atoms with Crippen LogP contribution in [-0.2, 0) is 24.0 Å². The van der Waals surface area contributed by atoms with Crippen LogP contribution < -0.4 is 27.4 Å². The second-order valence-corrected chi connectivity index (χ2v) is 7.40. The number of thioether (sulfide) groups is 1. The smallest absolute Gasteiger partial charge is 0.325 e. The van der Waals surface area contributed by atoms with Gasteiger partial charge < -0.3 is 37.6 Å². The molecular formula is C16H29N5O7S. The van der Waals surface area contributed by atoms with Gasteiger partial charge in [-0.25, -0.2) is 0 Å². The molecular weight excluding hydrogens is 406 g/mol. The van der Waals surface area contributed by atoms with Crippen LogP contribution >= 0.6 is 11.8 Å². The fraction of sp³-hybridized carbons (Fsp3) is 0.688. The average Bonchev–Trinajstić information content (AvgIpc) is 2.61. The zero-order valence-corrected chi connectivity index (χ0v) is 17.3. The molecule has 5 atom stereocenters. The summed E-state index contributed by atoms with van der Waals surface area (Å²) in [5.74, 6) is -4.04. The summed E-state index contributed by atoms with van der Waals surface area (Å²) >= 11 is 1.41. The van der Waals surface area contributed by atoms with Crippen molar-refractivity contribution < 1.29 is 34.2 Å². The molecule has 0 fully saturated rings. The summed E-state index contributed by atoms with van der Waals surface area (Å²) in [5.41, 5.74) is 10.6. The molecule has 0 aromatic rings. The molecule has 0 saturated heterocycles. The van der Waals surface area contributed by atoms with Crippen molar-refractivity contribution in [3.63, 3.8) is 0 Å². The number of amides is 4. The summed E-state index contributed by atoms with van der Waals surface area (Å²) < 4.78 is 0. The lowest BCUT2D eigenvalue weighted by Crippen LogP contribution is -2.59. The van der Waals surface area contributed by atoms with Gasteiger partial charge in [-0.2, -0.15) is 11.8 Å². The summed E-state index contributed by atoms with van der Waals surface area (Å²) in [6, 6.07) is -5.03. The van der Waals surface area contributed by atoms with Crippen molar-refractivity contribution in [3.8, 4) is 0 Å². The van der Waals surface area contributed by atoms with Crippen molar-refractivity contribution in [1.82, 2.24) is 16.0 Å². The molecule has 0 aliphatic heterocycles. The van der Waals surface area contributed by atoms with Crippen LogP contribution in [0, 0.1) is 0 Å². The monoisotopic (exact) mass is 435 g/mol. The van der Waals surface area contributed by atoms with Gasteiger partial charge in [0.15, 0.2) is 0 Å². The third-order valence-electron chi connectivity index (χ3n) is 3.79. The van der Waals surface area contributed by atoms with Gasteiger partial charge >= 0.3 is 5.97 Å². The van der Waals surface area contributed by atoms with Crippen molar-refractivity contribution in [2.24, 2.45) is 11.5 Å². The molecule has 166 valence electrons. The van der Waals surface area contributed by atoms with E-state index in [4.69, 9.17) is 16.6 Å². The van der Waals surface area contributed by atoms with Crippen LogP contribution in [0.4, 0.5) is 0 Å². The lowest BCUT2D eigenvalue weighted by molar-refractivity contribution is -0.142. The number of carboxylic acids is 1. The number of carboxylic acid groups (broad SMARTS) is 1. The van der Waals surface area contributed by atoms with Gasteiger partial charge in [-0.15, -0.1) is 0 Å². The Morgan fingerprint density at radius 3 is 2.03 bits per heavy atom. The van der Waals surface area contributed by atoms with E-state index in [1.165, 1.54) is 25.6 Å². The highest BCUT2D eigenvalue weighted by atomic mass is 32.2. The van der Waals surface area contributed by atoms with Crippen molar-refractivity contribution in [1.29, 1.82) is 0 Å². The highest BCUT2D eigenvalue weighted by Gasteiger charge is 2.31. The van der Waals surface area contributed by atoms with Gasteiger partial charge in [0.2, 0.25) is 23.6 Å². The molecule has 0 aromatic heterocycles. The molecule has 4 amide bonds. The second-order valence-electron chi connectivity index (χ2n) is 6.41. The maximum atomic E-state index is 12.6. The molecule has 12 nitrogen and oxygen atoms in total. The van der Waals surface area contributed by atoms with Gasteiger partial charge in [0.05, 0.1) is 18.6 Å². The molecule has 0 heterocycles. The van der Waals surface area contributed by atoms with Gasteiger partial charge in [0.25, 0.3) is 0 Å². The van der Waals surface area contributed by atoms with E-state index >= 15 is 0 Å². The Bertz CT molecular complexity index is 616. The molecule has 0 aromatic carbocycles. The molecule has 0 bridgehead atoms. The first kappa shape index (κ1) is 26.6. The number of hydrogen-bond donors (Lipinski definition) is 7. The van der Waals surface area contributed by atoms with Crippen molar-refractivity contribution in [2.75, 3.05) is 12.0 Å². The van der Waals surface area contributed by atoms with Crippen LogP contribution in [-0.4, -0.2) is 82.1 Å². The number of primary amides is 1. The molecule has 5 unspecified atom stereocenters. The lowest BCUT2D eigenvalue weighted by Gasteiger charge is -2.26. The first-order valence-corrected chi connectivity index (χ1v) is 10.1. The number of rotatable bonds is 13. The third kappa shape index (κ3) is 10.1. The topological polar surface area (TPSA) is 214 Å². The fourth-order valence-corrected chi connectivity index (χ4v) is 2.59. The van der Waals surface area contributed by atoms with Crippen molar-refractivity contribution in [3.05, 3.63) is 0 Å². The normalized spacial score (nSPS) is 15.9. The minimum atomic E-state index is -1.45. The Balaban J connectivity index is 5.24. The third-order valence-corrected chi connectivity index (χ3v) is 4.44. The number of aliphatic carboxylic acids is 1. The molecule has 0 aliphatic rings. The van der Waals surface area contributed by atoms with E-state index < -0.39 is 66.3 Å². The molecule has 0 rings (SSSR count). The number of carbonyl (C=O) groups excluding carboxylic acids is 4. The van der Waals surface area contributed by atoms with Crippen LogP contribution in [0.3, 0.4) is 0 Å². The number of hydrogen-bond acceptors (Lipinski definition) is 8. The first-order valence-electron chi connectivity index (χ1n) is 8.75. The maximum Gasteiger partial charge on any atom is 0.325 e. The second kappa shape index (κ2) is 13.0. The van der Waals surface area contributed by atoms with E-state index in [9.17, 15) is 29.1 Å². The Labute approximate surface area is 172 Å². The van der Waals surface area contributed by atoms with Crippen LogP contribution in [0.2, 0.25) is 0 Å². The predicted molar refractivity (Wildman–Crippen MR) is 106 cm³/mol. The van der Waals surface area contributed by atoms with E-state index in [1.54, 1.807) is 6.26 Å². The Hall–Kier alpha value is -2.38. The molecule has 0 spiro atoms. The van der Waals surface area contributed by atoms with E-state index in [1.807, 2.05) is 0 Å². The summed E-state index contributed by atoms with van der Waals surface area (Å²) in [5, 5.41) is 25.5. The van der Waals surface area contributed by atoms with E-state index in [-0.39, 0.29) is 6.42 Å². The quantitative estimate of drug-likeness (QED) is 0.155. The van der Waals surface area contributed by atoms with Gasteiger partial charge in [0, 0.05) is 0 Å². The highest BCUT2D eigenvalue weighted by Crippen LogP contribution is 2.04. The van der Waals surface area contributed by atoms with Crippen molar-refractivity contribution in [2.45, 2.75) is 57.0 Å². The summed E-state index contributed by atoms with van der Waals surface area (Å²) in [6.45, 7) is 2.47.